The van der Waals surface area contributed by atoms with Gasteiger partial charge in [-0.1, -0.05) is 36.4 Å². The molecule has 6 nitrogen and oxygen atoms in total. The molecular weight excluding hydrogens is 374 g/mol. The number of rotatable bonds is 5. The van der Waals surface area contributed by atoms with Crippen molar-refractivity contribution in [2.24, 2.45) is 0 Å². The van der Waals surface area contributed by atoms with Crippen LogP contribution in [0.5, 0.6) is 0 Å². The van der Waals surface area contributed by atoms with E-state index in [-0.39, 0.29) is 16.8 Å². The Hall–Kier alpha value is -2.22. The van der Waals surface area contributed by atoms with Crippen LogP contribution in [0.4, 0.5) is 0 Å². The first kappa shape index (κ1) is 20.5. The van der Waals surface area contributed by atoms with Crippen LogP contribution in [-0.2, 0) is 10.0 Å². The Bertz CT molecular complexity index is 937. The molecule has 1 fully saturated rings. The van der Waals surface area contributed by atoms with Crippen molar-refractivity contribution >= 4 is 15.9 Å². The molecule has 2 aromatic rings. The summed E-state index contributed by atoms with van der Waals surface area (Å²) in [7, 11) is -1.65. The van der Waals surface area contributed by atoms with E-state index >= 15 is 0 Å². The van der Waals surface area contributed by atoms with Gasteiger partial charge in [0.25, 0.3) is 5.91 Å². The molecule has 3 rings (SSSR count). The zero-order valence-electron chi connectivity index (χ0n) is 16.6. The number of sulfonamides is 1. The molecule has 150 valence electrons. The van der Waals surface area contributed by atoms with Gasteiger partial charge in [0.1, 0.15) is 0 Å². The maximum atomic E-state index is 13.1. The quantitative estimate of drug-likeness (QED) is 0.835. The Labute approximate surface area is 167 Å². The normalized spacial score (nSPS) is 17.2. The number of nitrogens with zero attached hydrogens (tertiary/aromatic N) is 2. The van der Waals surface area contributed by atoms with Gasteiger partial charge < -0.3 is 10.2 Å². The first-order valence-electron chi connectivity index (χ1n) is 9.44. The topological polar surface area (TPSA) is 69.7 Å². The van der Waals surface area contributed by atoms with Gasteiger partial charge in [-0.2, -0.15) is 4.31 Å². The zero-order chi connectivity index (χ0) is 20.3. The van der Waals surface area contributed by atoms with Gasteiger partial charge in [-0.25, -0.2) is 8.42 Å². The minimum atomic E-state index is -3.63. The van der Waals surface area contributed by atoms with Crippen molar-refractivity contribution in [1.82, 2.24) is 14.5 Å². The predicted molar refractivity (Wildman–Crippen MR) is 110 cm³/mol. The standard InChI is InChI=1S/C21H27N3O3S/c1-16-9-10-19(21(25)22-17(2)18-7-5-4-6-8-18)15-20(16)28(26,27)24-13-11-23(3)12-14-24/h4-10,15,17H,11-14H2,1-3H3,(H,22,25)/t17-/m1/s1. The summed E-state index contributed by atoms with van der Waals surface area (Å²) >= 11 is 0. The molecule has 1 aliphatic heterocycles. The summed E-state index contributed by atoms with van der Waals surface area (Å²) in [6.45, 7) is 5.99. The molecule has 1 N–H and O–H groups in total. The molecule has 0 aromatic heterocycles. The van der Waals surface area contributed by atoms with Gasteiger partial charge in [0, 0.05) is 31.7 Å². The minimum absolute atomic E-state index is 0.173. The maximum Gasteiger partial charge on any atom is 0.251 e. The number of carbonyl (C=O) groups is 1. The van der Waals surface area contributed by atoms with Gasteiger partial charge in [-0.15, -0.1) is 0 Å². The van der Waals surface area contributed by atoms with E-state index in [0.29, 0.717) is 37.3 Å². The van der Waals surface area contributed by atoms with Gasteiger partial charge >= 0.3 is 0 Å². The summed E-state index contributed by atoms with van der Waals surface area (Å²) in [6.07, 6.45) is 0. The molecule has 1 atom stereocenters. The molecule has 1 amide bonds. The molecule has 0 unspecified atom stereocenters. The van der Waals surface area contributed by atoms with Gasteiger partial charge in [0.05, 0.1) is 10.9 Å². The van der Waals surface area contributed by atoms with E-state index in [1.807, 2.05) is 44.3 Å². The van der Waals surface area contributed by atoms with Crippen LogP contribution in [0.15, 0.2) is 53.4 Å². The Morgan fingerprint density at radius 2 is 1.68 bits per heavy atom. The lowest BCUT2D eigenvalue weighted by molar-refractivity contribution is 0.0939. The van der Waals surface area contributed by atoms with E-state index in [0.717, 1.165) is 5.56 Å². The third-order valence-electron chi connectivity index (χ3n) is 5.18. The van der Waals surface area contributed by atoms with Gasteiger partial charge in [-0.3, -0.25) is 4.79 Å². The van der Waals surface area contributed by atoms with Crippen molar-refractivity contribution in [3.8, 4) is 0 Å². The van der Waals surface area contributed by atoms with Crippen molar-refractivity contribution in [3.63, 3.8) is 0 Å². The SMILES string of the molecule is Cc1ccc(C(=O)N[C@H](C)c2ccccc2)cc1S(=O)(=O)N1CCN(C)CC1. The number of nitrogens with one attached hydrogen (secondary N) is 1. The second-order valence-corrected chi connectivity index (χ2v) is 9.20. The number of hydrogen-bond acceptors (Lipinski definition) is 4. The van der Waals surface area contributed by atoms with Gasteiger partial charge in [0.2, 0.25) is 10.0 Å². The lowest BCUT2D eigenvalue weighted by Crippen LogP contribution is -2.47. The van der Waals surface area contributed by atoms with E-state index in [4.69, 9.17) is 0 Å². The van der Waals surface area contributed by atoms with Crippen LogP contribution >= 0.6 is 0 Å². The lowest BCUT2D eigenvalue weighted by Gasteiger charge is -2.32. The average molecular weight is 402 g/mol. The number of likely N-dealkylation sites (N-methyl/N-ethyl adjacent to an activating group) is 1. The summed E-state index contributed by atoms with van der Waals surface area (Å²) in [5.74, 6) is -0.286. The summed E-state index contributed by atoms with van der Waals surface area (Å²) in [5, 5.41) is 2.94. The highest BCUT2D eigenvalue weighted by Crippen LogP contribution is 2.23. The average Bonchev–Trinajstić information content (AvgIpc) is 2.69. The molecule has 0 bridgehead atoms. The fourth-order valence-electron chi connectivity index (χ4n) is 3.29. The van der Waals surface area contributed by atoms with E-state index in [1.54, 1.807) is 19.1 Å². The van der Waals surface area contributed by atoms with Crippen molar-refractivity contribution < 1.29 is 13.2 Å². The Morgan fingerprint density at radius 1 is 1.04 bits per heavy atom. The number of aryl methyl sites for hydroxylation is 1. The van der Waals surface area contributed by atoms with Crippen molar-refractivity contribution in [2.45, 2.75) is 24.8 Å². The molecule has 28 heavy (non-hydrogen) atoms. The molecule has 0 aliphatic carbocycles. The smallest absolute Gasteiger partial charge is 0.251 e. The van der Waals surface area contributed by atoms with Crippen LogP contribution in [0.1, 0.15) is 34.5 Å². The Balaban J connectivity index is 1.82. The molecule has 7 heteroatoms. The number of benzene rings is 2. The Morgan fingerprint density at radius 3 is 2.32 bits per heavy atom. The highest BCUT2D eigenvalue weighted by atomic mass is 32.2. The van der Waals surface area contributed by atoms with E-state index in [2.05, 4.69) is 10.2 Å². The monoisotopic (exact) mass is 401 g/mol. The third-order valence-corrected chi connectivity index (χ3v) is 7.22. The first-order chi connectivity index (χ1) is 13.3. The molecule has 1 saturated heterocycles. The van der Waals surface area contributed by atoms with E-state index in [9.17, 15) is 13.2 Å². The molecule has 0 spiro atoms. The molecule has 0 radical (unpaired) electrons. The fourth-order valence-corrected chi connectivity index (χ4v) is 4.96. The van der Waals surface area contributed by atoms with E-state index in [1.165, 1.54) is 10.4 Å². The lowest BCUT2D eigenvalue weighted by atomic mass is 10.1. The first-order valence-corrected chi connectivity index (χ1v) is 10.9. The number of carbonyl (C=O) groups excluding carboxylic acids is 1. The summed E-state index contributed by atoms with van der Waals surface area (Å²) in [5.41, 5.74) is 1.99. The van der Waals surface area contributed by atoms with Crippen LogP contribution in [-0.4, -0.2) is 56.8 Å². The highest BCUT2D eigenvalue weighted by molar-refractivity contribution is 7.89. The molecule has 0 saturated carbocycles. The molecule has 1 heterocycles. The second-order valence-electron chi connectivity index (χ2n) is 7.29. The number of piperazine rings is 1. The summed E-state index contributed by atoms with van der Waals surface area (Å²) in [4.78, 5) is 15.0. The van der Waals surface area contributed by atoms with Crippen molar-refractivity contribution in [3.05, 3.63) is 65.2 Å². The second kappa shape index (κ2) is 8.43. The molecular formula is C21H27N3O3S. The van der Waals surface area contributed by atoms with Crippen LogP contribution < -0.4 is 5.32 Å². The maximum absolute atomic E-state index is 13.1. The predicted octanol–water partition coefficient (Wildman–Crippen LogP) is 2.42. The Kier molecular flexibility index (Phi) is 6.17. The molecule has 1 aliphatic rings. The number of hydrogen-bond donors (Lipinski definition) is 1. The van der Waals surface area contributed by atoms with E-state index < -0.39 is 10.0 Å². The largest absolute Gasteiger partial charge is 0.346 e. The third kappa shape index (κ3) is 4.43. The van der Waals surface area contributed by atoms with Crippen molar-refractivity contribution in [1.29, 1.82) is 0 Å². The van der Waals surface area contributed by atoms with Crippen molar-refractivity contribution in [2.75, 3.05) is 33.2 Å². The zero-order valence-corrected chi connectivity index (χ0v) is 17.4. The highest BCUT2D eigenvalue weighted by Gasteiger charge is 2.29. The van der Waals surface area contributed by atoms with Crippen LogP contribution in [0.25, 0.3) is 0 Å². The fraction of sp³-hybridized carbons (Fsp3) is 0.381. The van der Waals surface area contributed by atoms with Crippen LogP contribution in [0.3, 0.4) is 0 Å². The van der Waals surface area contributed by atoms with Gasteiger partial charge in [-0.05, 0) is 44.2 Å². The summed E-state index contributed by atoms with van der Waals surface area (Å²) in [6, 6.07) is 14.4. The van der Waals surface area contributed by atoms with Gasteiger partial charge in [0.15, 0.2) is 0 Å². The van der Waals surface area contributed by atoms with Crippen LogP contribution in [0.2, 0.25) is 0 Å². The number of amides is 1. The van der Waals surface area contributed by atoms with Crippen LogP contribution in [0, 0.1) is 6.92 Å². The molecule has 2 aromatic carbocycles. The summed E-state index contributed by atoms with van der Waals surface area (Å²) < 4.78 is 27.7. The minimum Gasteiger partial charge on any atom is -0.346 e.